The van der Waals surface area contributed by atoms with Crippen molar-refractivity contribution < 1.29 is 13.6 Å². The predicted molar refractivity (Wildman–Crippen MR) is 129 cm³/mol. The van der Waals surface area contributed by atoms with Gasteiger partial charge in [-0.1, -0.05) is 31.4 Å². The van der Waals surface area contributed by atoms with Crippen molar-refractivity contribution in [3.8, 4) is 0 Å². The molecule has 1 aromatic heterocycles. The molecule has 1 aliphatic carbocycles. The molecule has 1 atom stereocenters. The number of carbonyl (C=O) groups is 1. The normalized spacial score (nSPS) is 19.8. The number of ketones is 1. The first-order chi connectivity index (χ1) is 16.9. The molecule has 2 aromatic carbocycles. The van der Waals surface area contributed by atoms with E-state index in [1.807, 2.05) is 0 Å². The molecule has 2 N–H and O–H groups in total. The monoisotopic (exact) mass is 482 g/mol. The topological polar surface area (TPSA) is 87.2 Å². The Morgan fingerprint density at radius 3 is 2.63 bits per heavy atom. The fraction of sp³-hybridized carbons (Fsp3) is 0.423. The fourth-order valence-corrected chi connectivity index (χ4v) is 5.41. The van der Waals surface area contributed by atoms with Gasteiger partial charge in [0.25, 0.3) is 5.56 Å². The van der Waals surface area contributed by atoms with Crippen LogP contribution in [0.25, 0.3) is 10.9 Å². The van der Waals surface area contributed by atoms with Crippen LogP contribution in [0.15, 0.2) is 46.0 Å². The number of benzene rings is 2. The van der Waals surface area contributed by atoms with Crippen LogP contribution in [0.5, 0.6) is 0 Å². The Kier molecular flexibility index (Phi) is 6.62. The minimum Gasteiger partial charge on any atom is -0.305 e. The van der Waals surface area contributed by atoms with E-state index in [-0.39, 0.29) is 28.8 Å². The lowest BCUT2D eigenvalue weighted by Gasteiger charge is -2.40. The summed E-state index contributed by atoms with van der Waals surface area (Å²) in [6.45, 7) is 2.02. The fourth-order valence-electron chi connectivity index (χ4n) is 5.41. The van der Waals surface area contributed by atoms with Gasteiger partial charge in [-0.15, -0.1) is 0 Å². The summed E-state index contributed by atoms with van der Waals surface area (Å²) in [6.07, 6.45) is 5.92. The Labute approximate surface area is 200 Å². The number of H-pyrrole nitrogens is 1. The molecule has 7 nitrogen and oxygen atoms in total. The van der Waals surface area contributed by atoms with E-state index < -0.39 is 28.9 Å². The highest BCUT2D eigenvalue weighted by Gasteiger charge is 2.31. The van der Waals surface area contributed by atoms with Crippen LogP contribution in [0, 0.1) is 11.6 Å². The lowest BCUT2D eigenvalue weighted by atomic mass is 9.92. The minimum absolute atomic E-state index is 0.0431. The predicted octanol–water partition coefficient (Wildman–Crippen LogP) is 2.81. The highest BCUT2D eigenvalue weighted by Crippen LogP contribution is 2.24. The Morgan fingerprint density at radius 2 is 1.83 bits per heavy atom. The Bertz CT molecular complexity index is 1380. The number of rotatable bonds is 5. The van der Waals surface area contributed by atoms with Crippen LogP contribution in [-0.2, 0) is 6.54 Å². The zero-order valence-electron chi connectivity index (χ0n) is 19.4. The Morgan fingerprint density at radius 1 is 1.03 bits per heavy atom. The molecule has 1 saturated carbocycles. The van der Waals surface area contributed by atoms with Gasteiger partial charge in [0.2, 0.25) is 0 Å². The summed E-state index contributed by atoms with van der Waals surface area (Å²) >= 11 is 0. The number of carbonyl (C=O) groups excluding carboxylic acids is 1. The highest BCUT2D eigenvalue weighted by atomic mass is 19.1. The largest absolute Gasteiger partial charge is 0.329 e. The number of aromatic amines is 1. The van der Waals surface area contributed by atoms with E-state index in [4.69, 9.17) is 0 Å². The van der Waals surface area contributed by atoms with E-state index in [9.17, 15) is 23.2 Å². The number of hydrogen-bond donors (Lipinski definition) is 2. The summed E-state index contributed by atoms with van der Waals surface area (Å²) < 4.78 is 30.2. The molecule has 9 heteroatoms. The molecule has 0 radical (unpaired) electrons. The number of fused-ring (bicyclic) bond motifs is 1. The quantitative estimate of drug-likeness (QED) is 0.546. The van der Waals surface area contributed by atoms with Crippen LogP contribution in [0.3, 0.4) is 0 Å². The maximum Gasteiger partial charge on any atom is 0.329 e. The third kappa shape index (κ3) is 4.70. The van der Waals surface area contributed by atoms with E-state index in [0.717, 1.165) is 25.5 Å². The molecule has 3 aromatic rings. The van der Waals surface area contributed by atoms with Crippen molar-refractivity contribution in [2.24, 2.45) is 0 Å². The number of aromatic nitrogens is 2. The van der Waals surface area contributed by atoms with Gasteiger partial charge >= 0.3 is 5.69 Å². The molecule has 1 unspecified atom stereocenters. The summed E-state index contributed by atoms with van der Waals surface area (Å²) in [5, 5.41) is 3.01. The highest BCUT2D eigenvalue weighted by molar-refractivity contribution is 6.00. The maximum absolute atomic E-state index is 14.8. The van der Waals surface area contributed by atoms with Gasteiger partial charge in [-0.3, -0.25) is 24.0 Å². The lowest BCUT2D eigenvalue weighted by Crippen LogP contribution is -2.57. The van der Waals surface area contributed by atoms with E-state index in [2.05, 4.69) is 15.2 Å². The third-order valence-electron chi connectivity index (χ3n) is 7.23. The molecule has 2 heterocycles. The van der Waals surface area contributed by atoms with Crippen LogP contribution in [-0.4, -0.2) is 52.0 Å². The average Bonchev–Trinajstić information content (AvgIpc) is 2.87. The molecule has 5 rings (SSSR count). The minimum atomic E-state index is -0.805. The number of Topliss-reactive ketones (excluding diaryl/α,β-unsaturated/α-hetero) is 1. The smallest absolute Gasteiger partial charge is 0.305 e. The van der Waals surface area contributed by atoms with E-state index in [1.165, 1.54) is 54.2 Å². The van der Waals surface area contributed by atoms with Crippen molar-refractivity contribution >= 4 is 16.7 Å². The van der Waals surface area contributed by atoms with E-state index >= 15 is 0 Å². The van der Waals surface area contributed by atoms with Crippen molar-refractivity contribution in [2.75, 3.05) is 19.6 Å². The Balaban J connectivity index is 1.42. The second-order valence-electron chi connectivity index (χ2n) is 9.45. The third-order valence-corrected chi connectivity index (χ3v) is 7.23. The number of halogens is 2. The molecule has 0 spiro atoms. The first-order valence-corrected chi connectivity index (χ1v) is 12.1. The average molecular weight is 483 g/mol. The molecule has 2 fully saturated rings. The molecule has 2 aliphatic rings. The molecule has 35 heavy (non-hydrogen) atoms. The molecular weight excluding hydrogens is 454 g/mol. The second kappa shape index (κ2) is 9.83. The van der Waals surface area contributed by atoms with Gasteiger partial charge in [0, 0.05) is 25.7 Å². The summed E-state index contributed by atoms with van der Waals surface area (Å²) in [4.78, 5) is 42.4. The van der Waals surface area contributed by atoms with Gasteiger partial charge in [-0.25, -0.2) is 13.6 Å². The van der Waals surface area contributed by atoms with Crippen LogP contribution < -0.4 is 16.6 Å². The van der Waals surface area contributed by atoms with Crippen molar-refractivity contribution in [2.45, 2.75) is 50.7 Å². The lowest BCUT2D eigenvalue weighted by molar-refractivity contribution is 0.0783. The summed E-state index contributed by atoms with van der Waals surface area (Å²) in [6, 6.07) is 8.15. The van der Waals surface area contributed by atoms with Crippen LogP contribution >= 0.6 is 0 Å². The summed E-state index contributed by atoms with van der Waals surface area (Å²) in [7, 11) is 0. The molecule has 0 amide bonds. The summed E-state index contributed by atoms with van der Waals surface area (Å²) in [5.41, 5.74) is -0.927. The van der Waals surface area contributed by atoms with Crippen LogP contribution in [0.2, 0.25) is 0 Å². The molecule has 184 valence electrons. The molecular formula is C26H28F2N4O3. The standard InChI is InChI=1S/C26H28F2N4O3/c27-19-10-9-16(14-32-22-8-4-7-20(28)23(22)25(34)30-26(32)35)13-18(19)24(33)21-15-31(12-11-29-21)17-5-2-1-3-6-17/h4,7-10,13,17,21,29H,1-3,5-6,11-12,14-15H2,(H,30,34,35). The van der Waals surface area contributed by atoms with Crippen molar-refractivity contribution in [1.29, 1.82) is 0 Å². The van der Waals surface area contributed by atoms with Crippen LogP contribution in [0.1, 0.15) is 48.0 Å². The van der Waals surface area contributed by atoms with Gasteiger partial charge in [0.05, 0.1) is 29.1 Å². The SMILES string of the molecule is O=C(c1cc(Cn2c(=O)[nH]c(=O)c3c(F)cccc32)ccc1F)C1CN(C2CCCCC2)CCN1. The van der Waals surface area contributed by atoms with E-state index in [1.54, 1.807) is 0 Å². The zero-order valence-corrected chi connectivity index (χ0v) is 19.4. The number of nitrogens with zero attached hydrogens (tertiary/aromatic N) is 2. The van der Waals surface area contributed by atoms with Crippen molar-refractivity contribution in [3.63, 3.8) is 0 Å². The van der Waals surface area contributed by atoms with Gasteiger partial charge in [0.1, 0.15) is 11.6 Å². The molecule has 1 aliphatic heterocycles. The number of hydrogen-bond acceptors (Lipinski definition) is 5. The first kappa shape index (κ1) is 23.6. The van der Waals surface area contributed by atoms with Crippen molar-refractivity contribution in [1.82, 2.24) is 19.8 Å². The number of piperazine rings is 1. The summed E-state index contributed by atoms with van der Waals surface area (Å²) in [5.74, 6) is -1.69. The van der Waals surface area contributed by atoms with Crippen molar-refractivity contribution in [3.05, 3.63) is 80.0 Å². The first-order valence-electron chi connectivity index (χ1n) is 12.1. The van der Waals surface area contributed by atoms with Gasteiger partial charge in [0.15, 0.2) is 5.78 Å². The Hall–Kier alpha value is -3.17. The number of nitrogens with one attached hydrogen (secondary N) is 2. The molecule has 1 saturated heterocycles. The maximum atomic E-state index is 14.8. The van der Waals surface area contributed by atoms with Gasteiger partial charge in [-0.2, -0.15) is 0 Å². The second-order valence-corrected chi connectivity index (χ2v) is 9.45. The van der Waals surface area contributed by atoms with Gasteiger partial charge in [-0.05, 0) is 42.7 Å². The molecule has 0 bridgehead atoms. The van der Waals surface area contributed by atoms with Crippen LogP contribution in [0.4, 0.5) is 8.78 Å². The van der Waals surface area contributed by atoms with E-state index in [0.29, 0.717) is 24.7 Å². The zero-order chi connectivity index (χ0) is 24.5. The van der Waals surface area contributed by atoms with Gasteiger partial charge < -0.3 is 5.32 Å².